The molecule has 19 heavy (non-hydrogen) atoms. The van der Waals surface area contributed by atoms with E-state index in [9.17, 15) is 9.59 Å². The van der Waals surface area contributed by atoms with E-state index in [1.165, 1.54) is 4.90 Å². The molecular formula is C13H18N2O4. The minimum Gasteiger partial charge on any atom is -0.481 e. The molecule has 6 nitrogen and oxygen atoms in total. The minimum atomic E-state index is -0.918. The number of nitrogens with zero attached hydrogens (tertiary/aromatic N) is 1. The monoisotopic (exact) mass is 266 g/mol. The van der Waals surface area contributed by atoms with Crippen molar-refractivity contribution in [1.29, 1.82) is 0 Å². The zero-order valence-corrected chi connectivity index (χ0v) is 10.8. The summed E-state index contributed by atoms with van der Waals surface area (Å²) in [5, 5.41) is 20.2. The van der Waals surface area contributed by atoms with Crippen LogP contribution in [-0.2, 0) is 11.2 Å². The first-order chi connectivity index (χ1) is 9.06. The van der Waals surface area contributed by atoms with Gasteiger partial charge in [-0.3, -0.25) is 4.79 Å². The number of likely N-dealkylation sites (N-methyl/N-ethyl adjacent to an activating group) is 1. The number of rotatable bonds is 6. The molecule has 0 spiro atoms. The molecule has 1 rings (SSSR count). The maximum Gasteiger partial charge on any atom is 0.321 e. The molecular weight excluding hydrogens is 248 g/mol. The van der Waals surface area contributed by atoms with E-state index in [0.29, 0.717) is 17.8 Å². The number of carboxylic acid groups (broad SMARTS) is 1. The number of carboxylic acids is 1. The first kappa shape index (κ1) is 15.0. The van der Waals surface area contributed by atoms with Gasteiger partial charge in [-0.15, -0.1) is 0 Å². The van der Waals surface area contributed by atoms with Gasteiger partial charge in [0.25, 0.3) is 0 Å². The summed E-state index contributed by atoms with van der Waals surface area (Å²) < 4.78 is 0. The molecule has 1 aromatic rings. The summed E-state index contributed by atoms with van der Waals surface area (Å²) in [5.41, 5.74) is 1.16. The van der Waals surface area contributed by atoms with Crippen LogP contribution in [0.3, 0.4) is 0 Å². The zero-order chi connectivity index (χ0) is 14.3. The molecule has 0 unspecified atom stereocenters. The van der Waals surface area contributed by atoms with Crippen LogP contribution in [0.5, 0.6) is 0 Å². The van der Waals surface area contributed by atoms with Crippen molar-refractivity contribution in [2.75, 3.05) is 25.0 Å². The summed E-state index contributed by atoms with van der Waals surface area (Å²) in [6.45, 7) is 2.47. The second-order valence-corrected chi connectivity index (χ2v) is 4.00. The normalized spacial score (nSPS) is 10.0. The van der Waals surface area contributed by atoms with E-state index in [0.717, 1.165) is 0 Å². The molecule has 0 bridgehead atoms. The number of anilines is 1. The highest BCUT2D eigenvalue weighted by Gasteiger charge is 2.11. The number of nitrogens with one attached hydrogen (secondary N) is 1. The SMILES string of the molecule is CCN(CCO)C(=O)Nc1cccc(CC(=O)O)c1. The molecule has 0 aliphatic carbocycles. The lowest BCUT2D eigenvalue weighted by atomic mass is 10.1. The molecule has 0 aliphatic heterocycles. The summed E-state index contributed by atoms with van der Waals surface area (Å²) in [6, 6.07) is 6.38. The van der Waals surface area contributed by atoms with Crippen molar-refractivity contribution >= 4 is 17.7 Å². The number of carbonyl (C=O) groups is 2. The third kappa shape index (κ3) is 4.97. The number of aliphatic hydroxyl groups excluding tert-OH is 1. The van der Waals surface area contributed by atoms with Crippen molar-refractivity contribution in [1.82, 2.24) is 4.90 Å². The summed E-state index contributed by atoms with van der Waals surface area (Å²) >= 11 is 0. The van der Waals surface area contributed by atoms with Crippen LogP contribution in [0.2, 0.25) is 0 Å². The Bertz CT molecular complexity index is 448. The van der Waals surface area contributed by atoms with E-state index >= 15 is 0 Å². The molecule has 3 N–H and O–H groups in total. The van der Waals surface area contributed by atoms with Gasteiger partial charge in [-0.2, -0.15) is 0 Å². The number of hydrogen-bond donors (Lipinski definition) is 3. The Morgan fingerprint density at radius 2 is 2.11 bits per heavy atom. The van der Waals surface area contributed by atoms with E-state index < -0.39 is 5.97 Å². The number of aliphatic carboxylic acids is 1. The van der Waals surface area contributed by atoms with Crippen molar-refractivity contribution in [2.45, 2.75) is 13.3 Å². The average Bonchev–Trinajstić information content (AvgIpc) is 2.35. The molecule has 0 atom stereocenters. The molecule has 104 valence electrons. The molecule has 0 aromatic heterocycles. The summed E-state index contributed by atoms with van der Waals surface area (Å²) in [4.78, 5) is 23.9. The highest BCUT2D eigenvalue weighted by atomic mass is 16.4. The summed E-state index contributed by atoms with van der Waals surface area (Å²) in [6.07, 6.45) is -0.0855. The molecule has 0 heterocycles. The number of hydrogen-bond acceptors (Lipinski definition) is 3. The second-order valence-electron chi connectivity index (χ2n) is 4.00. The fraction of sp³-hybridized carbons (Fsp3) is 0.385. The van der Waals surface area contributed by atoms with Gasteiger partial charge in [0.1, 0.15) is 0 Å². The predicted octanol–water partition coefficient (Wildman–Crippen LogP) is 1.16. The lowest BCUT2D eigenvalue weighted by Gasteiger charge is -2.20. The molecule has 0 saturated carbocycles. The highest BCUT2D eigenvalue weighted by molar-refractivity contribution is 5.89. The van der Waals surface area contributed by atoms with Gasteiger partial charge in [0, 0.05) is 18.8 Å². The molecule has 0 radical (unpaired) electrons. The molecule has 6 heteroatoms. The topological polar surface area (TPSA) is 89.9 Å². The largest absolute Gasteiger partial charge is 0.481 e. The lowest BCUT2D eigenvalue weighted by molar-refractivity contribution is -0.136. The van der Waals surface area contributed by atoms with Gasteiger partial charge in [-0.1, -0.05) is 12.1 Å². The second kappa shape index (κ2) is 7.38. The van der Waals surface area contributed by atoms with Crippen LogP contribution in [0.15, 0.2) is 24.3 Å². The van der Waals surface area contributed by atoms with E-state index in [-0.39, 0.29) is 25.6 Å². The van der Waals surface area contributed by atoms with Crippen LogP contribution in [-0.4, -0.2) is 46.8 Å². The third-order valence-electron chi connectivity index (χ3n) is 2.57. The van der Waals surface area contributed by atoms with E-state index in [1.807, 2.05) is 6.92 Å². The van der Waals surface area contributed by atoms with Gasteiger partial charge >= 0.3 is 12.0 Å². The third-order valence-corrected chi connectivity index (χ3v) is 2.57. The van der Waals surface area contributed by atoms with E-state index in [1.54, 1.807) is 24.3 Å². The highest BCUT2D eigenvalue weighted by Crippen LogP contribution is 2.12. The van der Waals surface area contributed by atoms with Crippen molar-refractivity contribution < 1.29 is 19.8 Å². The fourth-order valence-corrected chi connectivity index (χ4v) is 1.66. The van der Waals surface area contributed by atoms with Gasteiger partial charge < -0.3 is 20.4 Å². The molecule has 0 saturated heterocycles. The van der Waals surface area contributed by atoms with Crippen LogP contribution in [0.4, 0.5) is 10.5 Å². The number of aliphatic hydroxyl groups is 1. The van der Waals surface area contributed by atoms with Crippen LogP contribution < -0.4 is 5.32 Å². The number of benzene rings is 1. The van der Waals surface area contributed by atoms with E-state index in [4.69, 9.17) is 10.2 Å². The molecule has 1 aromatic carbocycles. The van der Waals surface area contributed by atoms with Gasteiger partial charge in [0.05, 0.1) is 13.0 Å². The van der Waals surface area contributed by atoms with Crippen LogP contribution in [0.25, 0.3) is 0 Å². The van der Waals surface area contributed by atoms with Gasteiger partial charge in [0.15, 0.2) is 0 Å². The summed E-state index contributed by atoms with van der Waals surface area (Å²) in [7, 11) is 0. The Kier molecular flexibility index (Phi) is 5.81. The molecule has 2 amide bonds. The number of urea groups is 1. The Labute approximate surface area is 111 Å². The minimum absolute atomic E-state index is 0.0855. The van der Waals surface area contributed by atoms with Crippen LogP contribution in [0, 0.1) is 0 Å². The smallest absolute Gasteiger partial charge is 0.321 e. The van der Waals surface area contributed by atoms with Crippen molar-refractivity contribution in [3.63, 3.8) is 0 Å². The Hall–Kier alpha value is -2.08. The Morgan fingerprint density at radius 1 is 1.37 bits per heavy atom. The van der Waals surface area contributed by atoms with Crippen LogP contribution >= 0.6 is 0 Å². The maximum absolute atomic E-state index is 11.9. The quantitative estimate of drug-likeness (QED) is 0.720. The van der Waals surface area contributed by atoms with Crippen molar-refractivity contribution in [3.8, 4) is 0 Å². The Morgan fingerprint density at radius 3 is 2.68 bits per heavy atom. The zero-order valence-electron chi connectivity index (χ0n) is 10.8. The Balaban J connectivity index is 2.70. The number of carbonyl (C=O) groups excluding carboxylic acids is 1. The average molecular weight is 266 g/mol. The van der Waals surface area contributed by atoms with Crippen molar-refractivity contribution in [3.05, 3.63) is 29.8 Å². The first-order valence-electron chi connectivity index (χ1n) is 6.04. The van der Waals surface area contributed by atoms with Crippen molar-refractivity contribution in [2.24, 2.45) is 0 Å². The number of amides is 2. The lowest BCUT2D eigenvalue weighted by Crippen LogP contribution is -2.36. The van der Waals surface area contributed by atoms with Gasteiger partial charge in [-0.05, 0) is 24.6 Å². The van der Waals surface area contributed by atoms with Gasteiger partial charge in [-0.25, -0.2) is 4.79 Å². The predicted molar refractivity (Wildman–Crippen MR) is 71.1 cm³/mol. The van der Waals surface area contributed by atoms with Gasteiger partial charge in [0.2, 0.25) is 0 Å². The first-order valence-corrected chi connectivity index (χ1v) is 6.04. The van der Waals surface area contributed by atoms with Crippen LogP contribution in [0.1, 0.15) is 12.5 Å². The maximum atomic E-state index is 11.9. The molecule has 0 aliphatic rings. The molecule has 0 fully saturated rings. The summed E-state index contributed by atoms with van der Waals surface area (Å²) in [5.74, 6) is -0.918. The standard InChI is InChI=1S/C13H18N2O4/c1-2-15(6-7-16)13(19)14-11-5-3-4-10(8-11)9-12(17)18/h3-5,8,16H,2,6-7,9H2,1H3,(H,14,19)(H,17,18). The fourth-order valence-electron chi connectivity index (χ4n) is 1.66. The van der Waals surface area contributed by atoms with E-state index in [2.05, 4.69) is 5.32 Å².